The quantitative estimate of drug-likeness (QED) is 0.176. The molecule has 0 atom stereocenters. The molecule has 0 saturated carbocycles. The molecule has 0 radical (unpaired) electrons. The molecule has 7 nitrogen and oxygen atoms in total. The SMILES string of the molecule is c1cnc(-n2c3ccccc3c3ccccc32)c(-n2c3ccccc3c3cc(-c4ccc5c(c4)C4(c6cc(-n7c8ccccc8c8ccccc87)ccc6O5)c5cccnc5-c5ncccc54)ccc32)c1. The van der Waals surface area contributed by atoms with Crippen LogP contribution in [0.15, 0.2) is 231 Å². The monoisotopic (exact) mass is 906 g/mol. The van der Waals surface area contributed by atoms with Crippen LogP contribution in [0.2, 0.25) is 0 Å². The van der Waals surface area contributed by atoms with Crippen molar-refractivity contribution in [3.8, 4) is 51.2 Å². The second kappa shape index (κ2) is 14.2. The Bertz CT molecular complexity index is 4440. The van der Waals surface area contributed by atoms with E-state index in [1.807, 2.05) is 24.7 Å². The second-order valence-corrected chi connectivity index (χ2v) is 18.7. The average molecular weight is 907 g/mol. The molecule has 330 valence electrons. The van der Waals surface area contributed by atoms with E-state index < -0.39 is 5.41 Å². The number of hydrogen-bond acceptors (Lipinski definition) is 4. The summed E-state index contributed by atoms with van der Waals surface area (Å²) in [5, 5.41) is 7.17. The van der Waals surface area contributed by atoms with Gasteiger partial charge in [0.25, 0.3) is 0 Å². The van der Waals surface area contributed by atoms with E-state index in [1.54, 1.807) is 0 Å². The van der Waals surface area contributed by atoms with Crippen LogP contribution in [0.4, 0.5) is 0 Å². The summed E-state index contributed by atoms with van der Waals surface area (Å²) in [6.07, 6.45) is 5.66. The van der Waals surface area contributed by atoms with Gasteiger partial charge in [-0.3, -0.25) is 14.5 Å². The molecular formula is C64H38N6O. The first kappa shape index (κ1) is 38.4. The Labute approximate surface area is 406 Å². The van der Waals surface area contributed by atoms with Crippen molar-refractivity contribution in [2.45, 2.75) is 5.41 Å². The largest absolute Gasteiger partial charge is 0.457 e. The standard InChI is InChI=1S/C64H38N6O/c1-6-21-52-42(14-1)43-15-2-7-22-53(43)68(52)41-29-32-60-51(38-41)64(48-19-11-33-65-61(48)62-49(64)20-12-34-66-62)50-37-40(28-31-59(50)71-60)39-27-30-57-47(36-39)46-18-5-8-23-54(46)69(57)58-26-13-35-67-63(58)70-55-24-9-3-16-44(55)45-17-4-10-25-56(45)70/h1-38H. The minimum atomic E-state index is -0.787. The molecule has 0 unspecified atom stereocenters. The van der Waals surface area contributed by atoms with E-state index in [0.29, 0.717) is 0 Å². The average Bonchev–Trinajstić information content (AvgIpc) is 4.15. The van der Waals surface area contributed by atoms with E-state index in [-0.39, 0.29) is 0 Å². The highest BCUT2D eigenvalue weighted by Gasteiger charge is 2.52. The lowest BCUT2D eigenvalue weighted by Gasteiger charge is -2.39. The van der Waals surface area contributed by atoms with Gasteiger partial charge in [-0.05, 0) is 119 Å². The summed E-state index contributed by atoms with van der Waals surface area (Å²) in [5.74, 6) is 2.50. The lowest BCUT2D eigenvalue weighted by atomic mass is 9.66. The minimum Gasteiger partial charge on any atom is -0.457 e. The van der Waals surface area contributed by atoms with Crippen molar-refractivity contribution < 1.29 is 4.74 Å². The number of hydrogen-bond donors (Lipinski definition) is 0. The molecule has 0 saturated heterocycles. The molecule has 14 aromatic rings. The van der Waals surface area contributed by atoms with Gasteiger partial charge in [0.1, 0.15) is 11.5 Å². The molecule has 1 spiro atoms. The van der Waals surface area contributed by atoms with Crippen molar-refractivity contribution in [1.29, 1.82) is 0 Å². The van der Waals surface area contributed by atoms with Crippen LogP contribution in [0.25, 0.3) is 105 Å². The van der Waals surface area contributed by atoms with Crippen LogP contribution in [0.3, 0.4) is 0 Å². The second-order valence-electron chi connectivity index (χ2n) is 18.7. The normalized spacial score (nSPS) is 13.3. The highest BCUT2D eigenvalue weighted by molar-refractivity contribution is 6.13. The molecule has 6 aromatic heterocycles. The van der Waals surface area contributed by atoms with Gasteiger partial charge in [-0.25, -0.2) is 4.98 Å². The third-order valence-electron chi connectivity index (χ3n) is 15.3. The summed E-state index contributed by atoms with van der Waals surface area (Å²) in [5.41, 5.74) is 16.3. The lowest BCUT2D eigenvalue weighted by Crippen LogP contribution is -2.32. The highest BCUT2D eigenvalue weighted by atomic mass is 16.5. The number of ether oxygens (including phenoxy) is 1. The Balaban J connectivity index is 0.913. The van der Waals surface area contributed by atoms with Crippen LogP contribution in [0.5, 0.6) is 11.5 Å². The van der Waals surface area contributed by atoms with E-state index in [1.165, 1.54) is 26.9 Å². The third kappa shape index (κ3) is 5.08. The molecule has 7 heteroatoms. The Morgan fingerprint density at radius 2 is 0.775 bits per heavy atom. The topological polar surface area (TPSA) is 62.7 Å². The van der Waals surface area contributed by atoms with Crippen molar-refractivity contribution in [1.82, 2.24) is 28.7 Å². The number of fused-ring (bicyclic) bond motifs is 18. The molecule has 1 aliphatic carbocycles. The zero-order valence-electron chi connectivity index (χ0n) is 38.0. The van der Waals surface area contributed by atoms with Gasteiger partial charge >= 0.3 is 0 Å². The summed E-state index contributed by atoms with van der Waals surface area (Å²) in [6, 6.07) is 76.4. The smallest absolute Gasteiger partial charge is 0.162 e. The predicted octanol–water partition coefficient (Wildman–Crippen LogP) is 15.3. The Morgan fingerprint density at radius 1 is 0.324 bits per heavy atom. The first-order chi connectivity index (χ1) is 35.2. The van der Waals surface area contributed by atoms with E-state index in [0.717, 1.165) is 112 Å². The van der Waals surface area contributed by atoms with Crippen molar-refractivity contribution in [3.63, 3.8) is 0 Å². The van der Waals surface area contributed by atoms with Crippen LogP contribution >= 0.6 is 0 Å². The fourth-order valence-corrected chi connectivity index (χ4v) is 12.4. The van der Waals surface area contributed by atoms with Crippen LogP contribution in [-0.4, -0.2) is 28.7 Å². The first-order valence-electron chi connectivity index (χ1n) is 24.1. The van der Waals surface area contributed by atoms with Gasteiger partial charge in [0.15, 0.2) is 5.82 Å². The summed E-state index contributed by atoms with van der Waals surface area (Å²) in [7, 11) is 0. The fraction of sp³-hybridized carbons (Fsp3) is 0.0156. The number of aromatic nitrogens is 6. The van der Waals surface area contributed by atoms with Gasteiger partial charge in [-0.2, -0.15) is 0 Å². The molecule has 71 heavy (non-hydrogen) atoms. The molecule has 7 heterocycles. The highest BCUT2D eigenvalue weighted by Crippen LogP contribution is 2.62. The maximum atomic E-state index is 7.05. The van der Waals surface area contributed by atoms with Crippen molar-refractivity contribution >= 4 is 65.4 Å². The molecule has 0 N–H and O–H groups in total. The van der Waals surface area contributed by atoms with Gasteiger partial charge in [0, 0.05) is 67.7 Å². The Morgan fingerprint density at radius 3 is 1.38 bits per heavy atom. The molecule has 16 rings (SSSR count). The Hall–Kier alpha value is -9.59. The third-order valence-corrected chi connectivity index (χ3v) is 15.3. The molecule has 1 aliphatic heterocycles. The zero-order valence-corrected chi connectivity index (χ0v) is 38.0. The van der Waals surface area contributed by atoms with Crippen molar-refractivity contribution in [2.24, 2.45) is 0 Å². The molecule has 0 amide bonds. The van der Waals surface area contributed by atoms with Crippen molar-refractivity contribution in [3.05, 3.63) is 253 Å². The van der Waals surface area contributed by atoms with Crippen LogP contribution < -0.4 is 4.74 Å². The fourth-order valence-electron chi connectivity index (χ4n) is 12.4. The zero-order chi connectivity index (χ0) is 46.4. The van der Waals surface area contributed by atoms with Crippen LogP contribution in [0, 0.1) is 0 Å². The molecule has 0 fully saturated rings. The molecule has 8 aromatic carbocycles. The maximum Gasteiger partial charge on any atom is 0.162 e. The number of rotatable bonds is 4. The number of nitrogens with zero attached hydrogens (tertiary/aromatic N) is 6. The summed E-state index contributed by atoms with van der Waals surface area (Å²) < 4.78 is 14.1. The molecular weight excluding hydrogens is 869 g/mol. The number of pyridine rings is 3. The molecule has 0 bridgehead atoms. The van der Waals surface area contributed by atoms with Crippen LogP contribution in [-0.2, 0) is 5.41 Å². The minimum absolute atomic E-state index is 0.787. The van der Waals surface area contributed by atoms with Gasteiger partial charge < -0.3 is 13.9 Å². The van der Waals surface area contributed by atoms with E-state index in [9.17, 15) is 0 Å². The van der Waals surface area contributed by atoms with Crippen LogP contribution in [0.1, 0.15) is 22.3 Å². The van der Waals surface area contributed by atoms with Gasteiger partial charge in [-0.1, -0.05) is 115 Å². The van der Waals surface area contributed by atoms with E-state index in [2.05, 4.69) is 220 Å². The molecule has 2 aliphatic rings. The van der Waals surface area contributed by atoms with Gasteiger partial charge in [0.05, 0.1) is 55.6 Å². The van der Waals surface area contributed by atoms with Gasteiger partial charge in [0.2, 0.25) is 0 Å². The summed E-state index contributed by atoms with van der Waals surface area (Å²) >= 11 is 0. The first-order valence-corrected chi connectivity index (χ1v) is 24.1. The predicted molar refractivity (Wildman–Crippen MR) is 286 cm³/mol. The summed E-state index contributed by atoms with van der Waals surface area (Å²) in [4.78, 5) is 15.3. The summed E-state index contributed by atoms with van der Waals surface area (Å²) in [6.45, 7) is 0. The number of para-hydroxylation sites is 5. The van der Waals surface area contributed by atoms with E-state index in [4.69, 9.17) is 19.7 Å². The number of benzene rings is 8. The lowest BCUT2D eigenvalue weighted by molar-refractivity contribution is 0.436. The Kier molecular flexibility index (Phi) is 7.69. The van der Waals surface area contributed by atoms with Crippen molar-refractivity contribution in [2.75, 3.05) is 0 Å². The van der Waals surface area contributed by atoms with Gasteiger partial charge in [-0.15, -0.1) is 0 Å². The maximum absolute atomic E-state index is 7.05. The van der Waals surface area contributed by atoms with E-state index >= 15 is 0 Å².